The molecule has 1 N–H and O–H groups in total. The van der Waals surface area contributed by atoms with Crippen molar-refractivity contribution in [2.45, 2.75) is 51.7 Å². The lowest BCUT2D eigenvalue weighted by molar-refractivity contribution is 0.0926. The Labute approximate surface area is 117 Å². The molecule has 2 unspecified atom stereocenters. The van der Waals surface area contributed by atoms with E-state index >= 15 is 0 Å². The van der Waals surface area contributed by atoms with Crippen molar-refractivity contribution < 1.29 is 5.11 Å². The fraction of sp³-hybridized carbons (Fsp3) is 0.647. The average Bonchev–Trinajstić information content (AvgIpc) is 2.40. The van der Waals surface area contributed by atoms with E-state index in [0.29, 0.717) is 6.04 Å². The molecule has 19 heavy (non-hydrogen) atoms. The van der Waals surface area contributed by atoms with Gasteiger partial charge in [0.05, 0.1) is 6.10 Å². The molecule has 0 bridgehead atoms. The largest absolute Gasteiger partial charge is 0.393 e. The first kappa shape index (κ1) is 14.5. The molecule has 1 aliphatic heterocycles. The number of aliphatic hydroxyl groups is 1. The summed E-state index contributed by atoms with van der Waals surface area (Å²) in [5, 5.41) is 9.47. The monoisotopic (exact) mass is 261 g/mol. The molecule has 0 saturated carbocycles. The van der Waals surface area contributed by atoms with E-state index in [9.17, 15) is 5.11 Å². The van der Waals surface area contributed by atoms with E-state index in [2.05, 4.69) is 42.2 Å². The fourth-order valence-electron chi connectivity index (χ4n) is 3.19. The van der Waals surface area contributed by atoms with Crippen LogP contribution in [0.2, 0.25) is 0 Å². The van der Waals surface area contributed by atoms with Gasteiger partial charge in [-0.05, 0) is 64.1 Å². The maximum Gasteiger partial charge on any atom is 0.0526 e. The number of aliphatic hydroxyl groups excluding tert-OH is 1. The number of piperidine rings is 1. The van der Waals surface area contributed by atoms with E-state index in [4.69, 9.17) is 0 Å². The molecule has 0 spiro atoms. The average molecular weight is 261 g/mol. The van der Waals surface area contributed by atoms with Crippen molar-refractivity contribution in [3.63, 3.8) is 0 Å². The lowest BCUT2D eigenvalue weighted by Gasteiger charge is -2.36. The number of hydrogen-bond acceptors (Lipinski definition) is 2. The highest BCUT2D eigenvalue weighted by molar-refractivity contribution is 5.15. The molecule has 2 heteroatoms. The van der Waals surface area contributed by atoms with Crippen molar-refractivity contribution in [1.82, 2.24) is 4.90 Å². The van der Waals surface area contributed by atoms with Gasteiger partial charge >= 0.3 is 0 Å². The zero-order valence-corrected chi connectivity index (χ0v) is 12.3. The molecule has 106 valence electrons. The second-order valence-electron chi connectivity index (χ2n) is 6.10. The first-order valence-electron chi connectivity index (χ1n) is 7.61. The summed E-state index contributed by atoms with van der Waals surface area (Å²) < 4.78 is 0. The van der Waals surface area contributed by atoms with Crippen molar-refractivity contribution in [3.05, 3.63) is 35.9 Å². The van der Waals surface area contributed by atoms with Gasteiger partial charge in [0, 0.05) is 6.04 Å². The maximum atomic E-state index is 9.47. The summed E-state index contributed by atoms with van der Waals surface area (Å²) in [6.07, 6.45) is 4.51. The molecule has 1 fully saturated rings. The molecule has 2 atom stereocenters. The van der Waals surface area contributed by atoms with Crippen LogP contribution >= 0.6 is 0 Å². The molecule has 0 aromatic heterocycles. The molecular weight excluding hydrogens is 234 g/mol. The van der Waals surface area contributed by atoms with Crippen LogP contribution in [0.5, 0.6) is 0 Å². The Bertz CT molecular complexity index is 355. The number of nitrogens with zero attached hydrogens (tertiary/aromatic N) is 1. The highest BCUT2D eigenvalue weighted by Crippen LogP contribution is 2.23. The molecule has 2 nitrogen and oxygen atoms in total. The predicted octanol–water partition coefficient (Wildman–Crippen LogP) is 3.10. The summed E-state index contributed by atoms with van der Waals surface area (Å²) in [7, 11) is 0. The van der Waals surface area contributed by atoms with E-state index in [1.807, 2.05) is 6.92 Å². The Morgan fingerprint density at radius 3 is 2.37 bits per heavy atom. The Morgan fingerprint density at radius 1 is 1.16 bits per heavy atom. The lowest BCUT2D eigenvalue weighted by atomic mass is 9.89. The van der Waals surface area contributed by atoms with E-state index in [-0.39, 0.29) is 6.10 Å². The highest BCUT2D eigenvalue weighted by atomic mass is 16.3. The molecule has 1 aliphatic rings. The maximum absolute atomic E-state index is 9.47. The summed E-state index contributed by atoms with van der Waals surface area (Å²) in [6.45, 7) is 6.50. The summed E-state index contributed by atoms with van der Waals surface area (Å²) in [5.74, 6) is 0.831. The highest BCUT2D eigenvalue weighted by Gasteiger charge is 2.23. The molecule has 0 radical (unpaired) electrons. The first-order valence-corrected chi connectivity index (χ1v) is 7.61. The fourth-order valence-corrected chi connectivity index (χ4v) is 3.19. The van der Waals surface area contributed by atoms with Crippen LogP contribution in [0.15, 0.2) is 30.3 Å². The molecule has 1 saturated heterocycles. The van der Waals surface area contributed by atoms with Gasteiger partial charge < -0.3 is 10.0 Å². The topological polar surface area (TPSA) is 23.5 Å². The molecule has 0 aliphatic carbocycles. The molecule has 1 heterocycles. The van der Waals surface area contributed by atoms with Crippen LogP contribution in [-0.4, -0.2) is 35.2 Å². The van der Waals surface area contributed by atoms with Crippen LogP contribution in [0.25, 0.3) is 0 Å². The van der Waals surface area contributed by atoms with Crippen molar-refractivity contribution >= 4 is 0 Å². The van der Waals surface area contributed by atoms with Gasteiger partial charge in [-0.3, -0.25) is 0 Å². The van der Waals surface area contributed by atoms with Crippen molar-refractivity contribution in [2.24, 2.45) is 5.92 Å². The van der Waals surface area contributed by atoms with Crippen molar-refractivity contribution in [3.8, 4) is 0 Å². The van der Waals surface area contributed by atoms with Gasteiger partial charge in [0.2, 0.25) is 0 Å². The molecule has 1 aromatic rings. The van der Waals surface area contributed by atoms with Crippen LogP contribution in [0.4, 0.5) is 0 Å². The zero-order valence-electron chi connectivity index (χ0n) is 12.3. The van der Waals surface area contributed by atoms with Crippen molar-refractivity contribution in [1.29, 1.82) is 0 Å². The summed E-state index contributed by atoms with van der Waals surface area (Å²) in [5.41, 5.74) is 1.47. The number of hydrogen-bond donors (Lipinski definition) is 1. The standard InChI is InChI=1S/C17H27NO/c1-14(12-15(2)19)18-10-8-17(9-11-18)13-16-6-4-3-5-7-16/h3-7,14-15,17,19H,8-13H2,1-2H3. The Morgan fingerprint density at radius 2 is 1.79 bits per heavy atom. The predicted molar refractivity (Wildman–Crippen MR) is 80.2 cm³/mol. The van der Waals surface area contributed by atoms with Crippen molar-refractivity contribution in [2.75, 3.05) is 13.1 Å². The van der Waals surface area contributed by atoms with E-state index < -0.39 is 0 Å². The minimum absolute atomic E-state index is 0.183. The third-order valence-electron chi connectivity index (χ3n) is 4.32. The Hall–Kier alpha value is -0.860. The van der Waals surface area contributed by atoms with Gasteiger partial charge in [-0.25, -0.2) is 0 Å². The SMILES string of the molecule is CC(O)CC(C)N1CCC(Cc2ccccc2)CC1. The second-order valence-corrected chi connectivity index (χ2v) is 6.10. The van der Waals surface area contributed by atoms with Crippen LogP contribution in [0, 0.1) is 5.92 Å². The molecular formula is C17H27NO. The number of rotatable bonds is 5. The summed E-state index contributed by atoms with van der Waals surface area (Å²) >= 11 is 0. The molecule has 0 amide bonds. The normalized spacial score (nSPS) is 21.2. The van der Waals surface area contributed by atoms with Gasteiger partial charge in [0.1, 0.15) is 0 Å². The summed E-state index contributed by atoms with van der Waals surface area (Å²) in [4.78, 5) is 2.54. The second kappa shape index (κ2) is 7.06. The number of benzene rings is 1. The minimum Gasteiger partial charge on any atom is -0.393 e. The Balaban J connectivity index is 1.76. The van der Waals surface area contributed by atoms with Crippen LogP contribution in [0.1, 0.15) is 38.7 Å². The number of likely N-dealkylation sites (tertiary alicyclic amines) is 1. The third-order valence-corrected chi connectivity index (χ3v) is 4.32. The van der Waals surface area contributed by atoms with Crippen LogP contribution < -0.4 is 0 Å². The van der Waals surface area contributed by atoms with Gasteiger partial charge in [-0.1, -0.05) is 30.3 Å². The first-order chi connectivity index (χ1) is 9.15. The molecule has 1 aromatic carbocycles. The smallest absolute Gasteiger partial charge is 0.0526 e. The van der Waals surface area contributed by atoms with Gasteiger partial charge in [0.15, 0.2) is 0 Å². The quantitative estimate of drug-likeness (QED) is 0.880. The minimum atomic E-state index is -0.183. The molecule has 2 rings (SSSR count). The third kappa shape index (κ3) is 4.63. The van der Waals surface area contributed by atoms with E-state index in [1.165, 1.54) is 37.9 Å². The van der Waals surface area contributed by atoms with Crippen LogP contribution in [-0.2, 0) is 6.42 Å². The van der Waals surface area contributed by atoms with E-state index in [1.54, 1.807) is 0 Å². The van der Waals surface area contributed by atoms with Crippen LogP contribution in [0.3, 0.4) is 0 Å². The summed E-state index contributed by atoms with van der Waals surface area (Å²) in [6, 6.07) is 11.3. The Kier molecular flexibility index (Phi) is 5.41. The lowest BCUT2D eigenvalue weighted by Crippen LogP contribution is -2.41. The van der Waals surface area contributed by atoms with Gasteiger partial charge in [0.25, 0.3) is 0 Å². The zero-order chi connectivity index (χ0) is 13.7. The van der Waals surface area contributed by atoms with E-state index in [0.717, 1.165) is 12.3 Å². The van der Waals surface area contributed by atoms with Gasteiger partial charge in [-0.15, -0.1) is 0 Å². The van der Waals surface area contributed by atoms with Gasteiger partial charge in [-0.2, -0.15) is 0 Å².